The normalized spacial score (nSPS) is 15.5. The molecule has 1 aromatic heterocycles. The smallest absolute Gasteiger partial charge is 0.256 e. The summed E-state index contributed by atoms with van der Waals surface area (Å²) in [5.41, 5.74) is 3.16. The van der Waals surface area contributed by atoms with Gasteiger partial charge in [-0.05, 0) is 74.6 Å². The minimum Gasteiger partial charge on any atom is -0.494 e. The number of nitrogens with zero attached hydrogens (tertiary/aromatic N) is 3. The molecule has 3 aromatic rings. The van der Waals surface area contributed by atoms with Crippen LogP contribution in [0.1, 0.15) is 24.6 Å². The number of hydrogen-bond donors (Lipinski definition) is 1. The lowest BCUT2D eigenvalue weighted by atomic mass is 10.1. The lowest BCUT2D eigenvalue weighted by Crippen LogP contribution is -2.37. The number of anilines is 2. The predicted molar refractivity (Wildman–Crippen MR) is 136 cm³/mol. The minimum absolute atomic E-state index is 0.0403. The fourth-order valence-electron chi connectivity index (χ4n) is 3.80. The van der Waals surface area contributed by atoms with Crippen molar-refractivity contribution in [2.75, 3.05) is 16.8 Å². The summed E-state index contributed by atoms with van der Waals surface area (Å²) in [6.07, 6.45) is 1.66. The van der Waals surface area contributed by atoms with Crippen LogP contribution in [0.2, 0.25) is 0 Å². The Hall–Kier alpha value is -3.78. The van der Waals surface area contributed by atoms with Gasteiger partial charge in [-0.15, -0.1) is 0 Å². The molecular weight excluding hydrogens is 448 g/mol. The SMILES string of the molecule is CCOc1ccc(NC(=O)C[C@H]2C(=O)N(c3ccc(C)cc3)C(=S)N2Cc2ccccn2)cc1. The highest BCUT2D eigenvalue weighted by Gasteiger charge is 2.44. The number of rotatable bonds is 8. The second kappa shape index (κ2) is 10.4. The predicted octanol–water partition coefficient (Wildman–Crippen LogP) is 4.32. The molecule has 0 aliphatic carbocycles. The molecule has 0 unspecified atom stereocenters. The molecule has 1 aliphatic rings. The van der Waals surface area contributed by atoms with Gasteiger partial charge in [-0.3, -0.25) is 19.5 Å². The number of carbonyl (C=O) groups excluding carboxylic acids is 2. The Morgan fingerprint density at radius 1 is 1.09 bits per heavy atom. The fraction of sp³-hybridized carbons (Fsp3) is 0.231. The van der Waals surface area contributed by atoms with Crippen LogP contribution in [0.15, 0.2) is 72.9 Å². The average molecular weight is 475 g/mol. The molecule has 2 aromatic carbocycles. The number of pyridine rings is 1. The first kappa shape index (κ1) is 23.4. The van der Waals surface area contributed by atoms with Crippen molar-refractivity contribution in [3.05, 3.63) is 84.2 Å². The minimum atomic E-state index is -0.737. The molecule has 34 heavy (non-hydrogen) atoms. The number of hydrogen-bond acceptors (Lipinski definition) is 5. The lowest BCUT2D eigenvalue weighted by Gasteiger charge is -2.23. The Morgan fingerprint density at radius 3 is 2.47 bits per heavy atom. The summed E-state index contributed by atoms with van der Waals surface area (Å²) >= 11 is 5.71. The number of benzene rings is 2. The van der Waals surface area contributed by atoms with Crippen LogP contribution in [0.5, 0.6) is 5.75 Å². The molecule has 1 aliphatic heterocycles. The van der Waals surface area contributed by atoms with Gasteiger partial charge in [0.05, 0.1) is 31.0 Å². The van der Waals surface area contributed by atoms with E-state index in [-0.39, 0.29) is 18.2 Å². The van der Waals surface area contributed by atoms with E-state index in [9.17, 15) is 9.59 Å². The van der Waals surface area contributed by atoms with Gasteiger partial charge in [0.1, 0.15) is 11.8 Å². The Bertz CT molecular complexity index is 1170. The molecule has 1 saturated heterocycles. The third-order valence-electron chi connectivity index (χ3n) is 5.50. The molecule has 0 spiro atoms. The average Bonchev–Trinajstić information content (AvgIpc) is 3.06. The van der Waals surface area contributed by atoms with Crippen LogP contribution < -0.4 is 15.0 Å². The number of nitrogens with one attached hydrogen (secondary N) is 1. The van der Waals surface area contributed by atoms with E-state index in [1.54, 1.807) is 35.4 Å². The van der Waals surface area contributed by atoms with Gasteiger partial charge in [0.15, 0.2) is 5.11 Å². The molecule has 2 amide bonds. The maximum Gasteiger partial charge on any atom is 0.256 e. The van der Waals surface area contributed by atoms with E-state index in [2.05, 4.69) is 10.3 Å². The second-order valence-electron chi connectivity index (χ2n) is 7.97. The third kappa shape index (κ3) is 5.23. The van der Waals surface area contributed by atoms with Gasteiger partial charge in [-0.25, -0.2) is 0 Å². The zero-order chi connectivity index (χ0) is 24.1. The molecule has 1 N–H and O–H groups in total. The maximum absolute atomic E-state index is 13.5. The highest BCUT2D eigenvalue weighted by atomic mass is 32.1. The first-order valence-electron chi connectivity index (χ1n) is 11.1. The van der Waals surface area contributed by atoms with Crippen LogP contribution in [0.4, 0.5) is 11.4 Å². The van der Waals surface area contributed by atoms with Crippen molar-refractivity contribution < 1.29 is 14.3 Å². The summed E-state index contributed by atoms with van der Waals surface area (Å²) in [7, 11) is 0. The Morgan fingerprint density at radius 2 is 1.82 bits per heavy atom. The van der Waals surface area contributed by atoms with E-state index < -0.39 is 6.04 Å². The summed E-state index contributed by atoms with van der Waals surface area (Å²) in [5.74, 6) is 0.223. The Labute approximate surface area is 204 Å². The van der Waals surface area contributed by atoms with Gasteiger partial charge >= 0.3 is 0 Å². The van der Waals surface area contributed by atoms with Crippen molar-refractivity contribution in [2.45, 2.75) is 32.9 Å². The molecule has 2 heterocycles. The van der Waals surface area contributed by atoms with E-state index in [4.69, 9.17) is 17.0 Å². The molecule has 4 rings (SSSR count). The molecule has 0 radical (unpaired) electrons. The molecule has 1 atom stereocenters. The van der Waals surface area contributed by atoms with Crippen molar-refractivity contribution in [1.82, 2.24) is 9.88 Å². The zero-order valence-electron chi connectivity index (χ0n) is 19.1. The number of thiocarbonyl (C=S) groups is 1. The van der Waals surface area contributed by atoms with E-state index in [1.165, 1.54) is 4.90 Å². The van der Waals surface area contributed by atoms with E-state index in [1.807, 2.05) is 56.3 Å². The Balaban J connectivity index is 1.55. The van der Waals surface area contributed by atoms with E-state index in [0.29, 0.717) is 29.6 Å². The van der Waals surface area contributed by atoms with Crippen LogP contribution in [-0.2, 0) is 16.1 Å². The molecular formula is C26H26N4O3S. The van der Waals surface area contributed by atoms with Crippen molar-refractivity contribution in [2.24, 2.45) is 0 Å². The van der Waals surface area contributed by atoms with Crippen LogP contribution >= 0.6 is 12.2 Å². The number of ether oxygens (including phenoxy) is 1. The number of amides is 2. The summed E-state index contributed by atoms with van der Waals surface area (Å²) in [6.45, 7) is 4.79. The summed E-state index contributed by atoms with van der Waals surface area (Å²) in [6, 6.07) is 19.6. The first-order valence-corrected chi connectivity index (χ1v) is 11.5. The molecule has 8 heteroatoms. The zero-order valence-corrected chi connectivity index (χ0v) is 19.9. The highest BCUT2D eigenvalue weighted by molar-refractivity contribution is 7.80. The van der Waals surface area contributed by atoms with Crippen molar-refractivity contribution in [3.8, 4) is 5.75 Å². The third-order valence-corrected chi connectivity index (χ3v) is 5.91. The van der Waals surface area contributed by atoms with E-state index >= 15 is 0 Å². The molecule has 0 bridgehead atoms. The Kier molecular flexibility index (Phi) is 7.18. The van der Waals surface area contributed by atoms with Gasteiger partial charge in [0, 0.05) is 11.9 Å². The van der Waals surface area contributed by atoms with Crippen molar-refractivity contribution in [3.63, 3.8) is 0 Å². The highest BCUT2D eigenvalue weighted by Crippen LogP contribution is 2.29. The maximum atomic E-state index is 13.5. The molecule has 1 fully saturated rings. The fourth-order valence-corrected chi connectivity index (χ4v) is 4.19. The van der Waals surface area contributed by atoms with Gasteiger partial charge < -0.3 is 15.0 Å². The van der Waals surface area contributed by atoms with Gasteiger partial charge in [-0.2, -0.15) is 0 Å². The number of carbonyl (C=O) groups is 2. The monoisotopic (exact) mass is 474 g/mol. The summed E-state index contributed by atoms with van der Waals surface area (Å²) in [5, 5.41) is 3.23. The summed E-state index contributed by atoms with van der Waals surface area (Å²) in [4.78, 5) is 34.1. The van der Waals surface area contributed by atoms with Crippen LogP contribution in [0.3, 0.4) is 0 Å². The lowest BCUT2D eigenvalue weighted by molar-refractivity contribution is -0.124. The van der Waals surface area contributed by atoms with Crippen LogP contribution in [-0.4, -0.2) is 39.5 Å². The van der Waals surface area contributed by atoms with Gasteiger partial charge in [0.25, 0.3) is 5.91 Å². The first-order chi connectivity index (χ1) is 16.5. The van der Waals surface area contributed by atoms with Crippen molar-refractivity contribution >= 4 is 40.5 Å². The largest absolute Gasteiger partial charge is 0.494 e. The van der Waals surface area contributed by atoms with Crippen LogP contribution in [0, 0.1) is 6.92 Å². The van der Waals surface area contributed by atoms with E-state index in [0.717, 1.165) is 17.0 Å². The second-order valence-corrected chi connectivity index (χ2v) is 8.33. The van der Waals surface area contributed by atoms with Gasteiger partial charge in [-0.1, -0.05) is 23.8 Å². The van der Waals surface area contributed by atoms with Gasteiger partial charge in [0.2, 0.25) is 5.91 Å². The van der Waals surface area contributed by atoms with Crippen molar-refractivity contribution in [1.29, 1.82) is 0 Å². The van der Waals surface area contributed by atoms with Crippen LogP contribution in [0.25, 0.3) is 0 Å². The summed E-state index contributed by atoms with van der Waals surface area (Å²) < 4.78 is 5.44. The molecule has 0 saturated carbocycles. The standard InChI is InChI=1S/C26H26N4O3S/c1-3-33-22-13-9-19(10-14-22)28-24(31)16-23-25(32)30(21-11-7-18(2)8-12-21)26(34)29(23)17-20-6-4-5-15-27-20/h4-15,23H,3,16-17H2,1-2H3,(H,28,31)/t23-/m0/s1. The number of aromatic nitrogens is 1. The molecule has 7 nitrogen and oxygen atoms in total. The topological polar surface area (TPSA) is 74.8 Å². The molecule has 174 valence electrons. The quantitative estimate of drug-likeness (QED) is 0.490. The number of aryl methyl sites for hydroxylation is 1.